The standard InChI is InChI=1S/C13H16FN3O4/c1-3-15-12(18)8-16(4-2)13(19)9-5-6-10(14)11(7-9)17(20)21/h5-7H,3-4,8H2,1-2H3,(H,15,18). The van der Waals surface area contributed by atoms with Crippen molar-refractivity contribution in [2.24, 2.45) is 0 Å². The second-order valence-electron chi connectivity index (χ2n) is 4.20. The first-order valence-electron chi connectivity index (χ1n) is 6.40. The molecule has 1 N–H and O–H groups in total. The molecule has 8 heteroatoms. The molecule has 0 spiro atoms. The van der Waals surface area contributed by atoms with Gasteiger partial charge in [-0.3, -0.25) is 19.7 Å². The van der Waals surface area contributed by atoms with Gasteiger partial charge in [0.05, 0.1) is 11.5 Å². The van der Waals surface area contributed by atoms with Gasteiger partial charge in [0.25, 0.3) is 5.91 Å². The molecule has 0 aliphatic rings. The Kier molecular flexibility index (Phi) is 5.77. The van der Waals surface area contributed by atoms with E-state index in [1.165, 1.54) is 4.90 Å². The largest absolute Gasteiger partial charge is 0.355 e. The lowest BCUT2D eigenvalue weighted by Gasteiger charge is -2.20. The second kappa shape index (κ2) is 7.32. The summed E-state index contributed by atoms with van der Waals surface area (Å²) in [5.74, 6) is -1.90. The molecule has 0 aliphatic carbocycles. The molecule has 0 atom stereocenters. The fourth-order valence-electron chi connectivity index (χ4n) is 1.72. The third-order valence-electron chi connectivity index (χ3n) is 2.77. The monoisotopic (exact) mass is 297 g/mol. The number of amides is 2. The van der Waals surface area contributed by atoms with Gasteiger partial charge in [0.2, 0.25) is 11.7 Å². The fraction of sp³-hybridized carbons (Fsp3) is 0.385. The van der Waals surface area contributed by atoms with E-state index in [0.29, 0.717) is 6.54 Å². The average Bonchev–Trinajstić information content (AvgIpc) is 2.44. The third kappa shape index (κ3) is 4.23. The number of nitro groups is 1. The molecule has 0 radical (unpaired) electrons. The van der Waals surface area contributed by atoms with Gasteiger partial charge in [0.15, 0.2) is 0 Å². The number of nitrogens with one attached hydrogen (secondary N) is 1. The summed E-state index contributed by atoms with van der Waals surface area (Å²) < 4.78 is 13.2. The second-order valence-corrected chi connectivity index (χ2v) is 4.20. The number of nitrogens with zero attached hydrogens (tertiary/aromatic N) is 2. The summed E-state index contributed by atoms with van der Waals surface area (Å²) >= 11 is 0. The number of halogens is 1. The van der Waals surface area contributed by atoms with Gasteiger partial charge in [-0.1, -0.05) is 0 Å². The minimum atomic E-state index is -1.01. The maximum absolute atomic E-state index is 13.2. The van der Waals surface area contributed by atoms with Crippen LogP contribution in [-0.2, 0) is 4.79 Å². The lowest BCUT2D eigenvalue weighted by Crippen LogP contribution is -2.40. The third-order valence-corrected chi connectivity index (χ3v) is 2.77. The predicted molar refractivity (Wildman–Crippen MR) is 73.3 cm³/mol. The van der Waals surface area contributed by atoms with Crippen molar-refractivity contribution in [3.8, 4) is 0 Å². The van der Waals surface area contributed by atoms with Crippen LogP contribution < -0.4 is 5.32 Å². The number of carbonyl (C=O) groups is 2. The Morgan fingerprint density at radius 2 is 2.05 bits per heavy atom. The summed E-state index contributed by atoms with van der Waals surface area (Å²) in [5, 5.41) is 13.2. The van der Waals surface area contributed by atoms with Crippen molar-refractivity contribution < 1.29 is 18.9 Å². The summed E-state index contributed by atoms with van der Waals surface area (Å²) in [6.07, 6.45) is 0. The van der Waals surface area contributed by atoms with E-state index in [0.717, 1.165) is 18.2 Å². The summed E-state index contributed by atoms with van der Waals surface area (Å²) in [6.45, 7) is 3.95. The van der Waals surface area contributed by atoms with Gasteiger partial charge in [-0.15, -0.1) is 0 Å². The summed E-state index contributed by atoms with van der Waals surface area (Å²) in [7, 11) is 0. The van der Waals surface area contributed by atoms with Gasteiger partial charge in [0.1, 0.15) is 0 Å². The van der Waals surface area contributed by atoms with E-state index in [4.69, 9.17) is 0 Å². The van der Waals surface area contributed by atoms with Gasteiger partial charge in [-0.2, -0.15) is 4.39 Å². The van der Waals surface area contributed by atoms with Crippen LogP contribution in [-0.4, -0.2) is 41.3 Å². The Bertz CT molecular complexity index is 562. The molecule has 0 bridgehead atoms. The first-order chi connectivity index (χ1) is 9.90. The Hall–Kier alpha value is -2.51. The Morgan fingerprint density at radius 3 is 2.57 bits per heavy atom. The fourth-order valence-corrected chi connectivity index (χ4v) is 1.72. The summed E-state index contributed by atoms with van der Waals surface area (Å²) in [5.41, 5.74) is -0.802. The maximum Gasteiger partial charge on any atom is 0.305 e. The van der Waals surface area contributed by atoms with Crippen LogP contribution in [0.3, 0.4) is 0 Å². The van der Waals surface area contributed by atoms with Crippen LogP contribution in [0.2, 0.25) is 0 Å². The van der Waals surface area contributed by atoms with Gasteiger partial charge < -0.3 is 10.2 Å². The highest BCUT2D eigenvalue weighted by molar-refractivity contribution is 5.97. The number of hydrogen-bond acceptors (Lipinski definition) is 4. The van der Waals surface area contributed by atoms with Crippen LogP contribution in [0.15, 0.2) is 18.2 Å². The van der Waals surface area contributed by atoms with Gasteiger partial charge in [-0.25, -0.2) is 0 Å². The zero-order chi connectivity index (χ0) is 16.0. The molecule has 0 saturated carbocycles. The highest BCUT2D eigenvalue weighted by Gasteiger charge is 2.21. The average molecular weight is 297 g/mol. The molecule has 0 unspecified atom stereocenters. The van der Waals surface area contributed by atoms with Crippen LogP contribution in [0.4, 0.5) is 10.1 Å². The molecular formula is C13H16FN3O4. The lowest BCUT2D eigenvalue weighted by molar-refractivity contribution is -0.387. The number of carbonyl (C=O) groups excluding carboxylic acids is 2. The number of hydrogen-bond donors (Lipinski definition) is 1. The van der Waals surface area contributed by atoms with Gasteiger partial charge >= 0.3 is 5.69 Å². The molecule has 1 rings (SSSR count). The lowest BCUT2D eigenvalue weighted by atomic mass is 10.1. The first kappa shape index (κ1) is 16.5. The van der Waals surface area contributed by atoms with E-state index in [9.17, 15) is 24.1 Å². The van der Waals surface area contributed by atoms with Gasteiger partial charge in [0, 0.05) is 24.7 Å². The van der Waals surface area contributed by atoms with Crippen molar-refractivity contribution >= 4 is 17.5 Å². The first-order valence-corrected chi connectivity index (χ1v) is 6.40. The molecule has 2 amide bonds. The molecule has 7 nitrogen and oxygen atoms in total. The van der Waals surface area contributed by atoms with Crippen molar-refractivity contribution in [3.05, 3.63) is 39.7 Å². The number of benzene rings is 1. The quantitative estimate of drug-likeness (QED) is 0.633. The van der Waals surface area contributed by atoms with Crippen molar-refractivity contribution in [1.29, 1.82) is 0 Å². The summed E-state index contributed by atoms with van der Waals surface area (Å²) in [6, 6.07) is 2.90. The van der Waals surface area contributed by atoms with Crippen molar-refractivity contribution in [3.63, 3.8) is 0 Å². The van der Waals surface area contributed by atoms with Crippen LogP contribution in [0.5, 0.6) is 0 Å². The number of likely N-dealkylation sites (N-methyl/N-ethyl adjacent to an activating group) is 2. The SMILES string of the molecule is CCNC(=O)CN(CC)C(=O)c1ccc(F)c([N+](=O)[O-])c1. The Balaban J connectivity index is 2.97. The molecule has 0 saturated heterocycles. The van der Waals surface area contributed by atoms with E-state index < -0.39 is 22.3 Å². The normalized spacial score (nSPS) is 10.0. The maximum atomic E-state index is 13.2. The zero-order valence-electron chi connectivity index (χ0n) is 11.8. The number of rotatable bonds is 6. The van der Waals surface area contributed by atoms with E-state index in [1.54, 1.807) is 13.8 Å². The Labute approximate surface area is 120 Å². The minimum Gasteiger partial charge on any atom is -0.355 e. The smallest absolute Gasteiger partial charge is 0.305 e. The molecule has 21 heavy (non-hydrogen) atoms. The minimum absolute atomic E-state index is 0.0331. The molecule has 1 aromatic carbocycles. The van der Waals surface area contributed by atoms with Crippen molar-refractivity contribution in [1.82, 2.24) is 10.2 Å². The van der Waals surface area contributed by atoms with Crippen molar-refractivity contribution in [2.75, 3.05) is 19.6 Å². The molecular weight excluding hydrogens is 281 g/mol. The topological polar surface area (TPSA) is 92.6 Å². The van der Waals surface area contributed by atoms with Crippen LogP contribution in [0.1, 0.15) is 24.2 Å². The Morgan fingerprint density at radius 1 is 1.38 bits per heavy atom. The van der Waals surface area contributed by atoms with Crippen molar-refractivity contribution in [2.45, 2.75) is 13.8 Å². The van der Waals surface area contributed by atoms with Crippen LogP contribution >= 0.6 is 0 Å². The predicted octanol–water partition coefficient (Wildman–Crippen LogP) is 1.33. The van der Waals surface area contributed by atoms with E-state index in [-0.39, 0.29) is 24.6 Å². The van der Waals surface area contributed by atoms with Crippen LogP contribution in [0.25, 0.3) is 0 Å². The van der Waals surface area contributed by atoms with E-state index in [1.807, 2.05) is 0 Å². The highest BCUT2D eigenvalue weighted by Crippen LogP contribution is 2.19. The molecule has 0 aromatic heterocycles. The molecule has 0 fully saturated rings. The molecule has 0 heterocycles. The number of nitro benzene ring substituents is 1. The van der Waals surface area contributed by atoms with E-state index in [2.05, 4.69) is 5.32 Å². The van der Waals surface area contributed by atoms with Crippen LogP contribution in [0, 0.1) is 15.9 Å². The summed E-state index contributed by atoms with van der Waals surface area (Å²) in [4.78, 5) is 34.7. The zero-order valence-corrected chi connectivity index (χ0v) is 11.8. The molecule has 0 aliphatic heterocycles. The molecule has 1 aromatic rings. The highest BCUT2D eigenvalue weighted by atomic mass is 19.1. The van der Waals surface area contributed by atoms with Gasteiger partial charge in [-0.05, 0) is 26.0 Å². The van der Waals surface area contributed by atoms with E-state index >= 15 is 0 Å². The molecule has 114 valence electrons.